The number of carbonyl (C=O) groups is 2. The maximum absolute atomic E-state index is 11.9. The summed E-state index contributed by atoms with van der Waals surface area (Å²) in [7, 11) is 0. The molecule has 0 aliphatic heterocycles. The fraction of sp³-hybridized carbons (Fsp3) is 0.875. The summed E-state index contributed by atoms with van der Waals surface area (Å²) in [5.41, 5.74) is 0. The van der Waals surface area contributed by atoms with Crippen molar-refractivity contribution in [2.75, 3.05) is 13.1 Å². The molecule has 0 bridgehead atoms. The van der Waals surface area contributed by atoms with Gasteiger partial charge in [-0.1, -0.05) is 40.5 Å². The SMILES string of the molecule is CC(C)CNC(=O)N[C@@H]1CCCC[C@H]1NC(=O)NCC(C)C. The number of urea groups is 2. The van der Waals surface area contributed by atoms with E-state index in [1.807, 2.05) is 0 Å². The molecule has 0 aromatic carbocycles. The van der Waals surface area contributed by atoms with Crippen LogP contribution in [0.5, 0.6) is 0 Å². The van der Waals surface area contributed by atoms with Crippen LogP contribution in [0.4, 0.5) is 9.59 Å². The Morgan fingerprint density at radius 3 is 1.50 bits per heavy atom. The third-order valence-corrected chi connectivity index (χ3v) is 3.74. The van der Waals surface area contributed by atoms with E-state index in [1.54, 1.807) is 0 Å². The van der Waals surface area contributed by atoms with Gasteiger partial charge in [-0.05, 0) is 24.7 Å². The van der Waals surface area contributed by atoms with Gasteiger partial charge >= 0.3 is 12.1 Å². The van der Waals surface area contributed by atoms with Crippen molar-refractivity contribution in [1.82, 2.24) is 21.3 Å². The third-order valence-electron chi connectivity index (χ3n) is 3.74. The molecule has 0 aromatic heterocycles. The molecule has 0 spiro atoms. The van der Waals surface area contributed by atoms with E-state index in [1.165, 1.54) is 0 Å². The van der Waals surface area contributed by atoms with Crippen molar-refractivity contribution in [3.8, 4) is 0 Å². The Balaban J connectivity index is 2.42. The van der Waals surface area contributed by atoms with E-state index in [4.69, 9.17) is 0 Å². The van der Waals surface area contributed by atoms with Crippen LogP contribution in [-0.4, -0.2) is 37.2 Å². The molecule has 1 aliphatic rings. The monoisotopic (exact) mass is 312 g/mol. The second-order valence-corrected chi connectivity index (χ2v) is 6.99. The van der Waals surface area contributed by atoms with E-state index in [2.05, 4.69) is 49.0 Å². The van der Waals surface area contributed by atoms with Gasteiger partial charge in [-0.25, -0.2) is 9.59 Å². The molecule has 2 atom stereocenters. The standard InChI is InChI=1S/C16H32N4O2/c1-11(2)9-17-15(21)19-13-7-5-6-8-14(13)20-16(22)18-10-12(3)4/h11-14H,5-10H2,1-4H3,(H2,17,19,21)(H2,18,20,22)/t13-,14-/m1/s1. The Hall–Kier alpha value is -1.46. The molecule has 1 aliphatic carbocycles. The second-order valence-electron chi connectivity index (χ2n) is 6.99. The minimum absolute atomic E-state index is 0.00529. The van der Waals surface area contributed by atoms with Crippen LogP contribution in [0.3, 0.4) is 0 Å². The Bertz CT molecular complexity index is 324. The lowest BCUT2D eigenvalue weighted by Crippen LogP contribution is -2.57. The van der Waals surface area contributed by atoms with Crippen LogP contribution in [0, 0.1) is 11.8 Å². The van der Waals surface area contributed by atoms with Gasteiger partial charge < -0.3 is 21.3 Å². The van der Waals surface area contributed by atoms with Crippen molar-refractivity contribution < 1.29 is 9.59 Å². The lowest BCUT2D eigenvalue weighted by molar-refractivity contribution is 0.212. The van der Waals surface area contributed by atoms with Crippen molar-refractivity contribution in [3.05, 3.63) is 0 Å². The van der Waals surface area contributed by atoms with Gasteiger partial charge in [0.05, 0.1) is 12.1 Å². The first-order chi connectivity index (χ1) is 10.4. The number of hydrogen-bond acceptors (Lipinski definition) is 2. The van der Waals surface area contributed by atoms with E-state index in [-0.39, 0.29) is 24.1 Å². The number of nitrogens with one attached hydrogen (secondary N) is 4. The minimum Gasteiger partial charge on any atom is -0.338 e. The predicted octanol–water partition coefficient (Wildman–Crippen LogP) is 2.21. The van der Waals surface area contributed by atoms with Gasteiger partial charge in [-0.15, -0.1) is 0 Å². The Morgan fingerprint density at radius 2 is 1.18 bits per heavy atom. The van der Waals surface area contributed by atoms with E-state index >= 15 is 0 Å². The van der Waals surface area contributed by atoms with Crippen molar-refractivity contribution in [2.45, 2.75) is 65.5 Å². The van der Waals surface area contributed by atoms with Gasteiger partial charge in [-0.2, -0.15) is 0 Å². The van der Waals surface area contributed by atoms with E-state index < -0.39 is 0 Å². The lowest BCUT2D eigenvalue weighted by atomic mass is 9.90. The highest BCUT2D eigenvalue weighted by Gasteiger charge is 2.27. The summed E-state index contributed by atoms with van der Waals surface area (Å²) < 4.78 is 0. The molecule has 0 heterocycles. The minimum atomic E-state index is -0.144. The molecular weight excluding hydrogens is 280 g/mol. The molecule has 6 nitrogen and oxygen atoms in total. The van der Waals surface area contributed by atoms with Crippen molar-refractivity contribution in [3.63, 3.8) is 0 Å². The number of amides is 4. The lowest BCUT2D eigenvalue weighted by Gasteiger charge is -2.33. The third kappa shape index (κ3) is 7.52. The molecule has 1 saturated carbocycles. The smallest absolute Gasteiger partial charge is 0.315 e. The maximum atomic E-state index is 11.9. The summed E-state index contributed by atoms with van der Waals surface area (Å²) in [5.74, 6) is 0.848. The van der Waals surface area contributed by atoms with Crippen LogP contribution in [0.2, 0.25) is 0 Å². The number of hydrogen-bond donors (Lipinski definition) is 4. The van der Waals surface area contributed by atoms with Crippen LogP contribution >= 0.6 is 0 Å². The Labute approximate surface area is 134 Å². The Kier molecular flexibility index (Phi) is 8.06. The highest BCUT2D eigenvalue weighted by molar-refractivity contribution is 5.76. The van der Waals surface area contributed by atoms with Crippen LogP contribution in [-0.2, 0) is 0 Å². The van der Waals surface area contributed by atoms with Crippen LogP contribution in [0.25, 0.3) is 0 Å². The molecule has 1 fully saturated rings. The van der Waals surface area contributed by atoms with Crippen LogP contribution in [0.15, 0.2) is 0 Å². The molecule has 4 amide bonds. The van der Waals surface area contributed by atoms with Gasteiger partial charge in [0, 0.05) is 13.1 Å². The van der Waals surface area contributed by atoms with Crippen LogP contribution in [0.1, 0.15) is 53.4 Å². The van der Waals surface area contributed by atoms with E-state index in [9.17, 15) is 9.59 Å². The van der Waals surface area contributed by atoms with Gasteiger partial charge in [0.1, 0.15) is 0 Å². The molecule has 6 heteroatoms. The summed E-state index contributed by atoms with van der Waals surface area (Å²) in [6.07, 6.45) is 3.98. The largest absolute Gasteiger partial charge is 0.338 e. The highest BCUT2D eigenvalue weighted by Crippen LogP contribution is 2.18. The van der Waals surface area contributed by atoms with Gasteiger partial charge in [0.25, 0.3) is 0 Å². The quantitative estimate of drug-likeness (QED) is 0.606. The summed E-state index contributed by atoms with van der Waals surface area (Å²) in [6.45, 7) is 9.56. The van der Waals surface area contributed by atoms with E-state index in [0.717, 1.165) is 25.7 Å². The maximum Gasteiger partial charge on any atom is 0.315 e. The zero-order valence-electron chi connectivity index (χ0n) is 14.4. The fourth-order valence-corrected chi connectivity index (χ4v) is 2.51. The molecule has 0 saturated heterocycles. The molecule has 128 valence electrons. The van der Waals surface area contributed by atoms with Gasteiger partial charge in [-0.3, -0.25) is 0 Å². The molecule has 4 N–H and O–H groups in total. The zero-order chi connectivity index (χ0) is 16.5. The molecule has 0 unspecified atom stereocenters. The molecule has 1 rings (SSSR count). The summed E-state index contributed by atoms with van der Waals surface area (Å²) in [5, 5.41) is 11.7. The van der Waals surface area contributed by atoms with Crippen molar-refractivity contribution in [1.29, 1.82) is 0 Å². The number of rotatable bonds is 6. The van der Waals surface area contributed by atoms with Gasteiger partial charge in [0.2, 0.25) is 0 Å². The summed E-state index contributed by atoms with van der Waals surface area (Å²) >= 11 is 0. The summed E-state index contributed by atoms with van der Waals surface area (Å²) in [4.78, 5) is 23.8. The normalized spacial score (nSPS) is 21.5. The molecule has 0 radical (unpaired) electrons. The van der Waals surface area contributed by atoms with Crippen LogP contribution < -0.4 is 21.3 Å². The Morgan fingerprint density at radius 1 is 0.818 bits per heavy atom. The van der Waals surface area contributed by atoms with Gasteiger partial charge in [0.15, 0.2) is 0 Å². The summed E-state index contributed by atoms with van der Waals surface area (Å²) in [6, 6.07) is -0.276. The first-order valence-corrected chi connectivity index (χ1v) is 8.47. The highest BCUT2D eigenvalue weighted by atomic mass is 16.2. The average molecular weight is 312 g/mol. The molecule has 22 heavy (non-hydrogen) atoms. The molecular formula is C16H32N4O2. The zero-order valence-corrected chi connectivity index (χ0v) is 14.4. The first kappa shape index (κ1) is 18.6. The van der Waals surface area contributed by atoms with Crippen molar-refractivity contribution in [2.24, 2.45) is 11.8 Å². The first-order valence-electron chi connectivity index (χ1n) is 8.47. The van der Waals surface area contributed by atoms with Crippen molar-refractivity contribution >= 4 is 12.1 Å². The fourth-order valence-electron chi connectivity index (χ4n) is 2.51. The molecule has 0 aromatic rings. The number of carbonyl (C=O) groups excluding carboxylic acids is 2. The van der Waals surface area contributed by atoms with E-state index in [0.29, 0.717) is 24.9 Å². The average Bonchev–Trinajstić information content (AvgIpc) is 2.45. The predicted molar refractivity (Wildman–Crippen MR) is 88.8 cm³/mol. The topological polar surface area (TPSA) is 82.3 Å². The second kappa shape index (κ2) is 9.54.